The Morgan fingerprint density at radius 1 is 1.12 bits per heavy atom. The van der Waals surface area contributed by atoms with E-state index in [1.165, 1.54) is 23.5 Å². The van der Waals surface area contributed by atoms with Crippen molar-refractivity contribution >= 4 is 17.2 Å². The van der Waals surface area contributed by atoms with E-state index in [1.54, 1.807) is 30.3 Å². The molecule has 122 valence electrons. The van der Waals surface area contributed by atoms with Crippen molar-refractivity contribution in [3.63, 3.8) is 0 Å². The van der Waals surface area contributed by atoms with E-state index in [9.17, 15) is 9.18 Å². The number of halogens is 1. The third kappa shape index (κ3) is 3.86. The quantitative estimate of drug-likeness (QED) is 0.695. The molecule has 0 unspecified atom stereocenters. The zero-order valence-electron chi connectivity index (χ0n) is 13.3. The van der Waals surface area contributed by atoms with Crippen LogP contribution in [0.15, 0.2) is 60.8 Å². The molecule has 5 heteroatoms. The maximum absolute atomic E-state index is 13.0. The first-order valence-electron chi connectivity index (χ1n) is 7.64. The summed E-state index contributed by atoms with van der Waals surface area (Å²) in [6, 6.07) is 15.8. The molecule has 0 bridgehead atoms. The zero-order valence-corrected chi connectivity index (χ0v) is 14.1. The molecule has 0 aliphatic heterocycles. The van der Waals surface area contributed by atoms with Gasteiger partial charge in [-0.3, -0.25) is 9.78 Å². The molecular weight excluding hydrogens is 323 g/mol. The summed E-state index contributed by atoms with van der Waals surface area (Å²) in [4.78, 5) is 20.1. The molecule has 0 radical (unpaired) electrons. The highest BCUT2D eigenvalue weighted by Gasteiger charge is 2.15. The Bertz CT molecular complexity index is 815. The van der Waals surface area contributed by atoms with Crippen LogP contribution in [0.5, 0.6) is 0 Å². The maximum atomic E-state index is 13.0. The normalized spacial score (nSPS) is 10.6. The second-order valence-corrected chi connectivity index (χ2v) is 6.55. The lowest BCUT2D eigenvalue weighted by Gasteiger charge is -2.15. The van der Waals surface area contributed by atoms with E-state index in [4.69, 9.17) is 0 Å². The number of amides is 1. The van der Waals surface area contributed by atoms with Gasteiger partial charge in [0, 0.05) is 36.8 Å². The van der Waals surface area contributed by atoms with Crippen LogP contribution in [0.25, 0.3) is 10.4 Å². The fourth-order valence-corrected chi connectivity index (χ4v) is 3.35. The Labute approximate surface area is 144 Å². The largest absolute Gasteiger partial charge is 0.341 e. The number of hydrogen-bond donors (Lipinski definition) is 0. The fraction of sp³-hybridized carbons (Fsp3) is 0.158. The number of carbonyl (C=O) groups is 1. The SMILES string of the molecule is CN(CCc1ccccn1)C(=O)c1ccc(-c2ccc(F)cc2)s1. The fourth-order valence-electron chi connectivity index (χ4n) is 2.34. The molecule has 0 N–H and O–H groups in total. The molecule has 0 spiro atoms. The summed E-state index contributed by atoms with van der Waals surface area (Å²) >= 11 is 1.42. The van der Waals surface area contributed by atoms with Crippen LogP contribution in [0.4, 0.5) is 4.39 Å². The summed E-state index contributed by atoms with van der Waals surface area (Å²) in [6.45, 7) is 0.611. The summed E-state index contributed by atoms with van der Waals surface area (Å²) in [5, 5.41) is 0. The Morgan fingerprint density at radius 2 is 1.92 bits per heavy atom. The van der Waals surface area contributed by atoms with E-state index < -0.39 is 0 Å². The lowest BCUT2D eigenvalue weighted by atomic mass is 10.2. The smallest absolute Gasteiger partial charge is 0.263 e. The molecule has 0 saturated carbocycles. The minimum Gasteiger partial charge on any atom is -0.341 e. The number of benzene rings is 1. The summed E-state index contributed by atoms with van der Waals surface area (Å²) < 4.78 is 13.0. The van der Waals surface area contributed by atoms with Gasteiger partial charge in [0.25, 0.3) is 5.91 Å². The molecule has 24 heavy (non-hydrogen) atoms. The lowest BCUT2D eigenvalue weighted by Crippen LogP contribution is -2.28. The van der Waals surface area contributed by atoms with Gasteiger partial charge in [-0.1, -0.05) is 18.2 Å². The van der Waals surface area contributed by atoms with Crippen LogP contribution in [-0.4, -0.2) is 29.4 Å². The van der Waals surface area contributed by atoms with Crippen LogP contribution in [0.2, 0.25) is 0 Å². The van der Waals surface area contributed by atoms with Gasteiger partial charge in [-0.05, 0) is 42.0 Å². The van der Waals surface area contributed by atoms with Crippen LogP contribution in [0, 0.1) is 5.82 Å². The van der Waals surface area contributed by atoms with E-state index in [2.05, 4.69) is 4.98 Å². The van der Waals surface area contributed by atoms with Crippen molar-refractivity contribution < 1.29 is 9.18 Å². The molecule has 1 aromatic carbocycles. The van der Waals surface area contributed by atoms with Crippen molar-refractivity contribution in [1.29, 1.82) is 0 Å². The van der Waals surface area contributed by atoms with Gasteiger partial charge >= 0.3 is 0 Å². The maximum Gasteiger partial charge on any atom is 0.263 e. The van der Waals surface area contributed by atoms with Crippen LogP contribution in [0.3, 0.4) is 0 Å². The third-order valence-electron chi connectivity index (χ3n) is 3.72. The predicted octanol–water partition coefficient (Wildman–Crippen LogP) is 4.26. The molecule has 2 heterocycles. The number of hydrogen-bond acceptors (Lipinski definition) is 3. The zero-order chi connectivity index (χ0) is 16.9. The summed E-state index contributed by atoms with van der Waals surface area (Å²) in [5.41, 5.74) is 1.88. The van der Waals surface area contributed by atoms with E-state index in [1.807, 2.05) is 30.3 Å². The number of pyridine rings is 1. The summed E-state index contributed by atoms with van der Waals surface area (Å²) in [6.07, 6.45) is 2.48. The van der Waals surface area contributed by atoms with Gasteiger partial charge in [-0.2, -0.15) is 0 Å². The molecular formula is C19H17FN2OS. The summed E-state index contributed by atoms with van der Waals surface area (Å²) in [5.74, 6) is -0.273. The van der Waals surface area contributed by atoms with Gasteiger partial charge in [0.15, 0.2) is 0 Å². The molecule has 1 amide bonds. The molecule has 3 aromatic rings. The molecule has 3 rings (SSSR count). The number of rotatable bonds is 5. The van der Waals surface area contributed by atoms with Crippen LogP contribution >= 0.6 is 11.3 Å². The van der Waals surface area contributed by atoms with Crippen molar-refractivity contribution in [2.45, 2.75) is 6.42 Å². The standard InChI is InChI=1S/C19H17FN2OS/c1-22(13-11-16-4-2-3-12-21-16)19(23)18-10-9-17(24-18)14-5-7-15(20)8-6-14/h2-10,12H,11,13H2,1H3. The van der Waals surface area contributed by atoms with E-state index in [-0.39, 0.29) is 11.7 Å². The number of likely N-dealkylation sites (N-methyl/N-ethyl adjacent to an activating group) is 1. The van der Waals surface area contributed by atoms with E-state index in [0.717, 1.165) is 22.6 Å². The van der Waals surface area contributed by atoms with Gasteiger partial charge in [-0.15, -0.1) is 11.3 Å². The van der Waals surface area contributed by atoms with Gasteiger partial charge in [0.05, 0.1) is 4.88 Å². The second kappa shape index (κ2) is 7.36. The first-order chi connectivity index (χ1) is 11.6. The van der Waals surface area contributed by atoms with E-state index >= 15 is 0 Å². The molecule has 3 nitrogen and oxygen atoms in total. The molecule has 0 atom stereocenters. The minimum absolute atomic E-state index is 0.00991. The Hall–Kier alpha value is -2.53. The highest BCUT2D eigenvalue weighted by Crippen LogP contribution is 2.28. The number of thiophene rings is 1. The van der Waals surface area contributed by atoms with Crippen molar-refractivity contribution in [2.24, 2.45) is 0 Å². The number of aromatic nitrogens is 1. The van der Waals surface area contributed by atoms with Crippen molar-refractivity contribution in [3.8, 4) is 10.4 Å². The molecule has 0 fully saturated rings. The predicted molar refractivity (Wildman–Crippen MR) is 94.6 cm³/mol. The number of nitrogens with zero attached hydrogens (tertiary/aromatic N) is 2. The lowest BCUT2D eigenvalue weighted by molar-refractivity contribution is 0.0801. The van der Waals surface area contributed by atoms with Crippen molar-refractivity contribution in [2.75, 3.05) is 13.6 Å². The monoisotopic (exact) mass is 340 g/mol. The first kappa shape index (κ1) is 16.3. The Kier molecular flexibility index (Phi) is 5.01. The molecule has 2 aromatic heterocycles. The van der Waals surface area contributed by atoms with E-state index in [0.29, 0.717) is 11.4 Å². The average molecular weight is 340 g/mol. The number of carbonyl (C=O) groups excluding carboxylic acids is 1. The van der Waals surface area contributed by atoms with Crippen LogP contribution < -0.4 is 0 Å². The highest BCUT2D eigenvalue weighted by molar-refractivity contribution is 7.17. The van der Waals surface area contributed by atoms with Gasteiger partial charge < -0.3 is 4.90 Å². The van der Waals surface area contributed by atoms with Crippen LogP contribution in [-0.2, 0) is 6.42 Å². The van der Waals surface area contributed by atoms with Crippen LogP contribution in [0.1, 0.15) is 15.4 Å². The van der Waals surface area contributed by atoms with Gasteiger partial charge in [0.1, 0.15) is 5.82 Å². The topological polar surface area (TPSA) is 33.2 Å². The molecule has 0 saturated heterocycles. The minimum atomic E-state index is -0.263. The Morgan fingerprint density at radius 3 is 2.62 bits per heavy atom. The van der Waals surface area contributed by atoms with Gasteiger partial charge in [0.2, 0.25) is 0 Å². The highest BCUT2D eigenvalue weighted by atomic mass is 32.1. The molecule has 0 aliphatic carbocycles. The average Bonchev–Trinajstić information content (AvgIpc) is 3.10. The van der Waals surface area contributed by atoms with Gasteiger partial charge in [-0.25, -0.2) is 4.39 Å². The van der Waals surface area contributed by atoms with Crippen molar-refractivity contribution in [3.05, 3.63) is 77.2 Å². The Balaban J connectivity index is 1.65. The third-order valence-corrected chi connectivity index (χ3v) is 4.84. The summed E-state index contributed by atoms with van der Waals surface area (Å²) in [7, 11) is 1.79. The van der Waals surface area contributed by atoms with Crippen molar-refractivity contribution in [1.82, 2.24) is 9.88 Å². The first-order valence-corrected chi connectivity index (χ1v) is 8.46. The second-order valence-electron chi connectivity index (χ2n) is 5.47. The molecule has 0 aliphatic rings.